The van der Waals surface area contributed by atoms with Crippen LogP contribution >= 0.6 is 0 Å². The summed E-state index contributed by atoms with van der Waals surface area (Å²) in [6, 6.07) is -0.0989. The molecule has 1 fully saturated rings. The molecule has 0 aromatic heterocycles. The van der Waals surface area contributed by atoms with Crippen molar-refractivity contribution in [3.05, 3.63) is 0 Å². The van der Waals surface area contributed by atoms with Gasteiger partial charge >= 0.3 is 0 Å². The highest BCUT2D eigenvalue weighted by Gasteiger charge is 2.34. The maximum absolute atomic E-state index is 12.3. The summed E-state index contributed by atoms with van der Waals surface area (Å²) >= 11 is 0. The van der Waals surface area contributed by atoms with Crippen LogP contribution in [0.15, 0.2) is 0 Å². The van der Waals surface area contributed by atoms with Gasteiger partial charge in [0, 0.05) is 32.9 Å². The third-order valence-corrected chi connectivity index (χ3v) is 5.22. The van der Waals surface area contributed by atoms with E-state index in [1.807, 2.05) is 7.05 Å². The number of Topliss-reactive ketones (excluding diaryl/α,β-unsaturated/α-hetero) is 1. The molecule has 0 radical (unpaired) electrons. The molecule has 0 saturated carbocycles. The van der Waals surface area contributed by atoms with Crippen LogP contribution in [0, 0.1) is 0 Å². The van der Waals surface area contributed by atoms with Crippen molar-refractivity contribution in [2.24, 2.45) is 0 Å². The lowest BCUT2D eigenvalue weighted by molar-refractivity contribution is -0.133. The molecule has 26 heavy (non-hydrogen) atoms. The largest absolute Gasteiger partial charge is 0.394 e. The summed E-state index contributed by atoms with van der Waals surface area (Å²) in [7, 11) is 3.60. The van der Waals surface area contributed by atoms with Crippen LogP contribution < -0.4 is 5.32 Å². The highest BCUT2D eigenvalue weighted by Crippen LogP contribution is 2.21. The monoisotopic (exact) mass is 370 g/mol. The third-order valence-electron chi connectivity index (χ3n) is 5.22. The van der Waals surface area contributed by atoms with Crippen molar-refractivity contribution in [3.63, 3.8) is 0 Å². The molecule has 0 aromatic carbocycles. The van der Waals surface area contributed by atoms with Crippen molar-refractivity contribution >= 4 is 11.7 Å². The summed E-state index contributed by atoms with van der Waals surface area (Å²) in [5.74, 6) is 0.486. The van der Waals surface area contributed by atoms with Gasteiger partial charge in [0.05, 0.1) is 18.8 Å². The van der Waals surface area contributed by atoms with E-state index in [-0.39, 0.29) is 24.7 Å². The van der Waals surface area contributed by atoms with E-state index in [0.717, 1.165) is 57.9 Å². The number of carbonyl (C=O) groups is 2. The number of amides is 1. The predicted molar refractivity (Wildman–Crippen MR) is 103 cm³/mol. The van der Waals surface area contributed by atoms with E-state index in [2.05, 4.69) is 5.32 Å². The molecule has 2 atom stereocenters. The summed E-state index contributed by atoms with van der Waals surface area (Å²) in [4.78, 5) is 25.9. The highest BCUT2D eigenvalue weighted by molar-refractivity contribution is 5.78. The van der Waals surface area contributed by atoms with Gasteiger partial charge in [-0.05, 0) is 45.7 Å². The standard InChI is InChI=1S/C20H38N2O4/c1-21-13-9-5-7-11-18(24)10-6-3-4-8-12-20(25)22-15-19(26-2)14-17(22)16-23/h17,19,21,23H,3-16H2,1-2H3/t17-,19+/m0/s1. The number of nitrogens with zero attached hydrogens (tertiary/aromatic N) is 1. The second kappa shape index (κ2) is 14.1. The van der Waals surface area contributed by atoms with E-state index in [0.29, 0.717) is 31.6 Å². The van der Waals surface area contributed by atoms with Crippen molar-refractivity contribution in [1.82, 2.24) is 10.2 Å². The smallest absolute Gasteiger partial charge is 0.222 e. The Labute approximate surface area is 158 Å². The average molecular weight is 371 g/mol. The molecule has 1 rings (SSSR count). The second-order valence-electron chi connectivity index (χ2n) is 7.34. The summed E-state index contributed by atoms with van der Waals surface area (Å²) < 4.78 is 5.31. The van der Waals surface area contributed by atoms with Crippen LogP contribution in [0.3, 0.4) is 0 Å². The van der Waals surface area contributed by atoms with Crippen molar-refractivity contribution < 1.29 is 19.4 Å². The van der Waals surface area contributed by atoms with Crippen molar-refractivity contribution in [3.8, 4) is 0 Å². The lowest BCUT2D eigenvalue weighted by Crippen LogP contribution is -2.37. The zero-order valence-electron chi connectivity index (χ0n) is 16.7. The number of methoxy groups -OCH3 is 1. The Morgan fingerprint density at radius 1 is 1.04 bits per heavy atom. The first-order valence-electron chi connectivity index (χ1n) is 10.2. The number of hydrogen-bond donors (Lipinski definition) is 2. The fraction of sp³-hybridized carbons (Fsp3) is 0.900. The van der Waals surface area contributed by atoms with E-state index in [1.165, 1.54) is 0 Å². The lowest BCUT2D eigenvalue weighted by atomic mass is 10.0. The predicted octanol–water partition coefficient (Wildman–Crippen LogP) is 2.28. The number of nitrogens with one attached hydrogen (secondary N) is 1. The molecule has 152 valence electrons. The number of ketones is 1. The van der Waals surface area contributed by atoms with Crippen LogP contribution in [0.2, 0.25) is 0 Å². The maximum atomic E-state index is 12.3. The van der Waals surface area contributed by atoms with Crippen molar-refractivity contribution in [1.29, 1.82) is 0 Å². The fourth-order valence-electron chi connectivity index (χ4n) is 3.54. The Balaban J connectivity index is 2.03. The minimum Gasteiger partial charge on any atom is -0.394 e. The van der Waals surface area contributed by atoms with Crippen LogP contribution in [0.25, 0.3) is 0 Å². The molecule has 1 saturated heterocycles. The first kappa shape index (κ1) is 23.1. The van der Waals surface area contributed by atoms with Crippen LogP contribution in [0.4, 0.5) is 0 Å². The Bertz CT molecular complexity index is 403. The number of hydrogen-bond acceptors (Lipinski definition) is 5. The topological polar surface area (TPSA) is 78.9 Å². The van der Waals surface area contributed by atoms with Gasteiger partial charge < -0.3 is 20.1 Å². The lowest BCUT2D eigenvalue weighted by Gasteiger charge is -2.22. The normalized spacial score (nSPS) is 19.9. The molecular weight excluding hydrogens is 332 g/mol. The van der Waals surface area contributed by atoms with Crippen LogP contribution in [-0.2, 0) is 14.3 Å². The SMILES string of the molecule is CNCCCCCC(=O)CCCCCCC(=O)N1C[C@H](OC)C[C@H]1CO. The van der Waals surface area contributed by atoms with Crippen molar-refractivity contribution in [2.45, 2.75) is 82.8 Å². The van der Waals surface area contributed by atoms with Gasteiger partial charge in [0.25, 0.3) is 0 Å². The van der Waals surface area contributed by atoms with E-state index in [1.54, 1.807) is 12.0 Å². The molecule has 1 aliphatic heterocycles. The first-order valence-corrected chi connectivity index (χ1v) is 10.2. The average Bonchev–Trinajstić information content (AvgIpc) is 3.08. The van der Waals surface area contributed by atoms with Crippen LogP contribution in [0.5, 0.6) is 0 Å². The Morgan fingerprint density at radius 3 is 2.23 bits per heavy atom. The number of carbonyl (C=O) groups excluding carboxylic acids is 2. The summed E-state index contributed by atoms with van der Waals surface area (Å²) in [6.45, 7) is 1.61. The van der Waals surface area contributed by atoms with Crippen molar-refractivity contribution in [2.75, 3.05) is 33.9 Å². The quantitative estimate of drug-likeness (QED) is 0.432. The Morgan fingerprint density at radius 2 is 1.65 bits per heavy atom. The number of unbranched alkanes of at least 4 members (excludes halogenated alkanes) is 5. The molecule has 1 amide bonds. The van der Waals surface area contributed by atoms with Gasteiger partial charge in [-0.25, -0.2) is 0 Å². The van der Waals surface area contributed by atoms with Gasteiger partial charge in [0.2, 0.25) is 5.91 Å². The third kappa shape index (κ3) is 9.10. The molecule has 0 unspecified atom stereocenters. The molecule has 0 bridgehead atoms. The Kier molecular flexibility index (Phi) is 12.5. The fourth-order valence-corrected chi connectivity index (χ4v) is 3.54. The molecule has 0 aromatic rings. The van der Waals surface area contributed by atoms with E-state index >= 15 is 0 Å². The summed E-state index contributed by atoms with van der Waals surface area (Å²) in [6.07, 6.45) is 9.68. The zero-order chi connectivity index (χ0) is 19.2. The molecule has 1 aliphatic rings. The van der Waals surface area contributed by atoms with E-state index in [9.17, 15) is 14.7 Å². The maximum Gasteiger partial charge on any atom is 0.222 e. The zero-order valence-corrected chi connectivity index (χ0v) is 16.7. The van der Waals surface area contributed by atoms with Gasteiger partial charge in [-0.2, -0.15) is 0 Å². The number of ether oxygens (including phenoxy) is 1. The minimum atomic E-state index is -0.0989. The Hall–Kier alpha value is -0.980. The van der Waals surface area contributed by atoms with E-state index < -0.39 is 0 Å². The van der Waals surface area contributed by atoms with E-state index in [4.69, 9.17) is 4.74 Å². The van der Waals surface area contributed by atoms with Gasteiger partial charge in [0.1, 0.15) is 5.78 Å². The second-order valence-corrected chi connectivity index (χ2v) is 7.34. The number of rotatable bonds is 15. The summed E-state index contributed by atoms with van der Waals surface area (Å²) in [5.41, 5.74) is 0. The number of aliphatic hydroxyl groups excluding tert-OH is 1. The molecule has 1 heterocycles. The number of aliphatic hydroxyl groups is 1. The minimum absolute atomic E-state index is 0.00265. The molecule has 0 aliphatic carbocycles. The van der Waals surface area contributed by atoms with Gasteiger partial charge in [-0.15, -0.1) is 0 Å². The molecule has 2 N–H and O–H groups in total. The van der Waals surface area contributed by atoms with Crippen LogP contribution in [-0.4, -0.2) is 67.7 Å². The molecule has 6 nitrogen and oxygen atoms in total. The molecule has 0 spiro atoms. The van der Waals surface area contributed by atoms with Gasteiger partial charge in [-0.1, -0.05) is 19.3 Å². The number of likely N-dealkylation sites (tertiary alicyclic amines) is 1. The van der Waals surface area contributed by atoms with Crippen LogP contribution in [0.1, 0.15) is 70.6 Å². The molecular formula is C20H38N2O4. The van der Waals surface area contributed by atoms with Gasteiger partial charge in [0.15, 0.2) is 0 Å². The highest BCUT2D eigenvalue weighted by atomic mass is 16.5. The summed E-state index contributed by atoms with van der Waals surface area (Å²) in [5, 5.41) is 12.5. The molecule has 6 heteroatoms. The first-order chi connectivity index (χ1) is 12.6. The van der Waals surface area contributed by atoms with Gasteiger partial charge in [-0.3, -0.25) is 9.59 Å².